The van der Waals surface area contributed by atoms with Crippen molar-refractivity contribution in [3.8, 4) is 0 Å². The van der Waals surface area contributed by atoms with Crippen molar-refractivity contribution in [3.05, 3.63) is 0 Å². The first kappa shape index (κ1) is 17.1. The molecule has 6 heteroatoms. The van der Waals surface area contributed by atoms with E-state index in [1.807, 2.05) is 0 Å². The van der Waals surface area contributed by atoms with Gasteiger partial charge in [0.25, 0.3) is 10.1 Å². The zero-order valence-corrected chi connectivity index (χ0v) is 14.8. The standard InChI is InChI=1S/C11H26O4SSi/c1-9(14-16(6,12)13)7-8-11(5,15-17)10(2,3)4/h9H,7-8H2,1-6,17H3. The summed E-state index contributed by atoms with van der Waals surface area (Å²) in [7, 11) is -2.69. The van der Waals surface area contributed by atoms with Gasteiger partial charge < -0.3 is 4.43 Å². The SMILES string of the molecule is CC(CCC(C)(O[SiH3])C(C)(C)C)OS(C)(=O)=O. The van der Waals surface area contributed by atoms with Crippen molar-refractivity contribution in [1.29, 1.82) is 0 Å². The Morgan fingerprint density at radius 1 is 1.24 bits per heavy atom. The fourth-order valence-electron chi connectivity index (χ4n) is 1.61. The Hall–Kier alpha value is 0.0869. The third-order valence-electron chi connectivity index (χ3n) is 3.40. The molecule has 0 N–H and O–H groups in total. The van der Waals surface area contributed by atoms with Crippen molar-refractivity contribution in [1.82, 2.24) is 0 Å². The first-order valence-electron chi connectivity index (χ1n) is 5.85. The normalized spacial score (nSPS) is 18.9. The Morgan fingerprint density at radius 3 is 2.00 bits per heavy atom. The van der Waals surface area contributed by atoms with Crippen molar-refractivity contribution in [3.63, 3.8) is 0 Å². The fraction of sp³-hybridized carbons (Fsp3) is 1.00. The van der Waals surface area contributed by atoms with Crippen molar-refractivity contribution in [2.45, 2.75) is 59.2 Å². The van der Waals surface area contributed by atoms with Gasteiger partial charge in [0.2, 0.25) is 0 Å². The predicted molar refractivity (Wildman–Crippen MR) is 73.5 cm³/mol. The van der Waals surface area contributed by atoms with E-state index in [-0.39, 0.29) is 17.1 Å². The van der Waals surface area contributed by atoms with Gasteiger partial charge in [0.1, 0.15) is 10.5 Å². The molecule has 0 aromatic rings. The molecule has 4 nitrogen and oxygen atoms in total. The molecule has 0 aliphatic heterocycles. The molecule has 104 valence electrons. The molecular formula is C11H26O4SSi. The highest BCUT2D eigenvalue weighted by atomic mass is 32.2. The lowest BCUT2D eigenvalue weighted by atomic mass is 9.75. The number of rotatable bonds is 6. The Labute approximate surface area is 109 Å². The van der Waals surface area contributed by atoms with Crippen molar-refractivity contribution >= 4 is 20.6 Å². The third kappa shape index (κ3) is 5.99. The van der Waals surface area contributed by atoms with E-state index in [4.69, 9.17) is 8.61 Å². The molecule has 0 rings (SSSR count). The molecule has 0 amide bonds. The van der Waals surface area contributed by atoms with Crippen LogP contribution in [0.4, 0.5) is 0 Å². The predicted octanol–water partition coefficient (Wildman–Crippen LogP) is 1.23. The highest BCUT2D eigenvalue weighted by Gasteiger charge is 2.37. The van der Waals surface area contributed by atoms with E-state index in [1.165, 1.54) is 0 Å². The molecule has 0 saturated heterocycles. The molecule has 0 saturated carbocycles. The lowest BCUT2D eigenvalue weighted by Gasteiger charge is -2.42. The topological polar surface area (TPSA) is 52.6 Å². The maximum Gasteiger partial charge on any atom is 0.264 e. The Bertz CT molecular complexity index is 334. The maximum absolute atomic E-state index is 11.0. The number of hydrogen-bond acceptors (Lipinski definition) is 4. The van der Waals surface area contributed by atoms with Gasteiger partial charge in [-0.3, -0.25) is 4.18 Å². The minimum absolute atomic E-state index is 0.0273. The molecule has 0 spiro atoms. The van der Waals surface area contributed by atoms with Crippen LogP contribution in [0.3, 0.4) is 0 Å². The summed E-state index contributed by atoms with van der Waals surface area (Å²) in [4.78, 5) is 0. The van der Waals surface area contributed by atoms with Gasteiger partial charge in [0.15, 0.2) is 0 Å². The van der Waals surface area contributed by atoms with Crippen LogP contribution >= 0.6 is 0 Å². The molecular weight excluding hydrogens is 256 g/mol. The smallest absolute Gasteiger partial charge is 0.264 e. The first-order valence-corrected chi connectivity index (χ1v) is 8.48. The summed E-state index contributed by atoms with van der Waals surface area (Å²) in [6, 6.07) is 0. The molecule has 0 fully saturated rings. The van der Waals surface area contributed by atoms with Crippen LogP contribution in [0, 0.1) is 5.41 Å². The van der Waals surface area contributed by atoms with Crippen LogP contribution in [0.2, 0.25) is 0 Å². The second-order valence-electron chi connectivity index (χ2n) is 5.83. The van der Waals surface area contributed by atoms with Gasteiger partial charge in [-0.15, -0.1) is 0 Å². The molecule has 2 unspecified atom stereocenters. The van der Waals surface area contributed by atoms with E-state index < -0.39 is 10.1 Å². The molecule has 0 aliphatic rings. The molecule has 17 heavy (non-hydrogen) atoms. The van der Waals surface area contributed by atoms with Crippen LogP contribution in [-0.2, 0) is 18.7 Å². The van der Waals surface area contributed by atoms with Crippen LogP contribution in [0.1, 0.15) is 47.5 Å². The zero-order valence-electron chi connectivity index (χ0n) is 12.0. The molecule has 0 heterocycles. The van der Waals surface area contributed by atoms with E-state index in [9.17, 15) is 8.42 Å². The first-order chi connectivity index (χ1) is 7.41. The van der Waals surface area contributed by atoms with Crippen LogP contribution in [0.25, 0.3) is 0 Å². The zero-order chi connectivity index (χ0) is 13.9. The maximum atomic E-state index is 11.0. The van der Waals surface area contributed by atoms with Crippen molar-refractivity contribution in [2.24, 2.45) is 5.41 Å². The monoisotopic (exact) mass is 282 g/mol. The van der Waals surface area contributed by atoms with E-state index in [0.717, 1.165) is 12.7 Å². The van der Waals surface area contributed by atoms with Crippen LogP contribution < -0.4 is 0 Å². The summed E-state index contributed by atoms with van der Waals surface area (Å²) >= 11 is 0. The van der Waals surface area contributed by atoms with Crippen LogP contribution in [0.15, 0.2) is 0 Å². The van der Waals surface area contributed by atoms with Crippen LogP contribution in [-0.4, -0.2) is 36.9 Å². The summed E-state index contributed by atoms with van der Waals surface area (Å²) in [5, 5.41) is 0. The van der Waals surface area contributed by atoms with E-state index in [0.29, 0.717) is 16.9 Å². The molecule has 0 aliphatic carbocycles. The minimum atomic E-state index is -3.37. The average Bonchev–Trinajstić information content (AvgIpc) is 2.09. The second kappa shape index (κ2) is 5.82. The third-order valence-corrected chi connectivity index (χ3v) is 4.98. The average molecular weight is 282 g/mol. The van der Waals surface area contributed by atoms with Gasteiger partial charge in [-0.2, -0.15) is 8.42 Å². The molecule has 0 aromatic heterocycles. The van der Waals surface area contributed by atoms with Gasteiger partial charge in [0.05, 0.1) is 18.0 Å². The van der Waals surface area contributed by atoms with Gasteiger partial charge in [-0.25, -0.2) is 0 Å². The van der Waals surface area contributed by atoms with Crippen molar-refractivity contribution in [2.75, 3.05) is 6.26 Å². The fourth-order valence-corrected chi connectivity index (χ4v) is 3.12. The number of hydrogen-bond donors (Lipinski definition) is 0. The summed E-state index contributed by atoms with van der Waals surface area (Å²) in [5.41, 5.74) is -0.200. The van der Waals surface area contributed by atoms with Gasteiger partial charge >= 0.3 is 0 Å². The van der Waals surface area contributed by atoms with Gasteiger partial charge in [-0.1, -0.05) is 20.8 Å². The lowest BCUT2D eigenvalue weighted by Crippen LogP contribution is -2.42. The highest BCUT2D eigenvalue weighted by molar-refractivity contribution is 7.86. The second-order valence-corrected chi connectivity index (χ2v) is 7.84. The van der Waals surface area contributed by atoms with Crippen molar-refractivity contribution < 1.29 is 17.0 Å². The van der Waals surface area contributed by atoms with Gasteiger partial charge in [0, 0.05) is 0 Å². The molecule has 0 radical (unpaired) electrons. The summed E-state index contributed by atoms with van der Waals surface area (Å²) in [6.45, 7) is 10.2. The summed E-state index contributed by atoms with van der Waals surface area (Å²) in [6.07, 6.45) is 2.23. The van der Waals surface area contributed by atoms with Crippen LogP contribution in [0.5, 0.6) is 0 Å². The van der Waals surface area contributed by atoms with E-state index in [1.54, 1.807) is 6.92 Å². The quantitative estimate of drug-likeness (QED) is 0.543. The molecule has 0 aromatic carbocycles. The highest BCUT2D eigenvalue weighted by Crippen LogP contribution is 2.37. The molecule has 2 atom stereocenters. The Morgan fingerprint density at radius 2 is 1.71 bits per heavy atom. The molecule has 0 bridgehead atoms. The summed E-state index contributed by atoms with van der Waals surface area (Å²) in [5.74, 6) is 0. The Kier molecular flexibility index (Phi) is 5.85. The largest absolute Gasteiger partial charge is 0.422 e. The van der Waals surface area contributed by atoms with Gasteiger partial charge in [-0.05, 0) is 32.1 Å². The minimum Gasteiger partial charge on any atom is -0.422 e. The lowest BCUT2D eigenvalue weighted by molar-refractivity contribution is -0.0250. The Balaban J connectivity index is 4.45. The summed E-state index contributed by atoms with van der Waals surface area (Å²) < 4.78 is 32.6. The van der Waals surface area contributed by atoms with E-state index >= 15 is 0 Å². The van der Waals surface area contributed by atoms with E-state index in [2.05, 4.69) is 27.7 Å².